The molecule has 5 heteroatoms. The normalized spacial score (nSPS) is 11.5. The molecule has 0 spiro atoms. The highest BCUT2D eigenvalue weighted by atomic mass is 79.9. The molecule has 2 aromatic carbocycles. The van der Waals surface area contributed by atoms with Crippen molar-refractivity contribution in [3.8, 4) is 11.8 Å². The Hall–Kier alpha value is -1.51. The molecule has 0 heterocycles. The first-order chi connectivity index (χ1) is 10.1. The smallest absolute Gasteiger partial charge is 0.174 e. The van der Waals surface area contributed by atoms with Gasteiger partial charge >= 0.3 is 0 Å². The molecule has 0 saturated carbocycles. The summed E-state index contributed by atoms with van der Waals surface area (Å²) in [5, 5.41) is 11.9. The summed E-state index contributed by atoms with van der Waals surface area (Å²) in [4.78, 5) is 0. The fourth-order valence-corrected chi connectivity index (χ4v) is 3.33. The topological polar surface area (TPSA) is 45.0 Å². The lowest BCUT2D eigenvalue weighted by Crippen LogP contribution is -2.07. The van der Waals surface area contributed by atoms with Crippen molar-refractivity contribution in [2.75, 3.05) is 11.9 Å². The van der Waals surface area contributed by atoms with Gasteiger partial charge in [0.1, 0.15) is 11.8 Å². The van der Waals surface area contributed by atoms with Gasteiger partial charge in [-0.2, -0.15) is 5.26 Å². The molecule has 108 valence electrons. The van der Waals surface area contributed by atoms with Gasteiger partial charge in [-0.3, -0.25) is 0 Å². The van der Waals surface area contributed by atoms with Crippen LogP contribution >= 0.6 is 31.9 Å². The summed E-state index contributed by atoms with van der Waals surface area (Å²) in [6.07, 6.45) is 0. The Labute approximate surface area is 141 Å². The van der Waals surface area contributed by atoms with E-state index in [0.717, 1.165) is 14.6 Å². The lowest BCUT2D eigenvalue weighted by molar-refractivity contribution is 0.368. The van der Waals surface area contributed by atoms with E-state index >= 15 is 0 Å². The lowest BCUT2D eigenvalue weighted by atomic mass is 10.1. The fraction of sp³-hybridized carbons (Fsp3) is 0.188. The predicted molar refractivity (Wildman–Crippen MR) is 91.4 cm³/mol. The Morgan fingerprint density at radius 1 is 1.19 bits per heavy atom. The number of nitrogens with zero attached hydrogens (tertiary/aromatic N) is 1. The van der Waals surface area contributed by atoms with E-state index in [1.807, 2.05) is 42.5 Å². The molecular weight excluding hydrogens is 396 g/mol. The van der Waals surface area contributed by atoms with Crippen LogP contribution in [0, 0.1) is 11.3 Å². The van der Waals surface area contributed by atoms with Gasteiger partial charge in [-0.1, -0.05) is 37.9 Å². The third-order valence-electron chi connectivity index (χ3n) is 2.97. The van der Waals surface area contributed by atoms with Crippen LogP contribution in [0.5, 0.6) is 5.75 Å². The largest absolute Gasteiger partial charge is 0.479 e. The first-order valence-electron chi connectivity index (χ1n) is 6.41. The summed E-state index contributed by atoms with van der Waals surface area (Å²) >= 11 is 7.03. The molecule has 1 atom stereocenters. The van der Waals surface area contributed by atoms with E-state index in [2.05, 4.69) is 50.2 Å². The second kappa shape index (κ2) is 7.48. The number of halogens is 2. The highest BCUT2D eigenvalue weighted by molar-refractivity contribution is 9.11. The summed E-state index contributed by atoms with van der Waals surface area (Å²) < 4.78 is 7.34. The van der Waals surface area contributed by atoms with Crippen LogP contribution in [0.3, 0.4) is 0 Å². The van der Waals surface area contributed by atoms with Crippen LogP contribution in [0.4, 0.5) is 5.69 Å². The minimum absolute atomic E-state index is 0.0645. The second-order valence-electron chi connectivity index (χ2n) is 4.50. The van der Waals surface area contributed by atoms with Crippen LogP contribution in [0.25, 0.3) is 0 Å². The Bertz CT molecular complexity index is 650. The molecule has 3 nitrogen and oxygen atoms in total. The van der Waals surface area contributed by atoms with Gasteiger partial charge in [0.25, 0.3) is 0 Å². The quantitative estimate of drug-likeness (QED) is 0.729. The van der Waals surface area contributed by atoms with Crippen molar-refractivity contribution in [1.29, 1.82) is 5.26 Å². The van der Waals surface area contributed by atoms with Crippen LogP contribution in [0.15, 0.2) is 51.4 Å². The minimum Gasteiger partial charge on any atom is -0.479 e. The van der Waals surface area contributed by atoms with E-state index in [9.17, 15) is 0 Å². The Morgan fingerprint density at radius 3 is 2.52 bits per heavy atom. The second-order valence-corrected chi connectivity index (χ2v) is 6.27. The van der Waals surface area contributed by atoms with Crippen molar-refractivity contribution in [1.82, 2.24) is 0 Å². The standard InChI is InChI=1S/C16H14Br2N2O/c1-11(15-7-2-12(17)10-16(15)18)20-13-3-5-14(6-4-13)21-9-8-19/h2-7,10-11,20H,9H2,1H3. The molecule has 2 aromatic rings. The van der Waals surface area contributed by atoms with Gasteiger partial charge in [0.05, 0.1) is 0 Å². The SMILES string of the molecule is CC(Nc1ccc(OCC#N)cc1)c1ccc(Br)cc1Br. The van der Waals surface area contributed by atoms with Crippen molar-refractivity contribution in [3.63, 3.8) is 0 Å². The predicted octanol–water partition coefficient (Wildman–Crippen LogP) is 5.29. The average Bonchev–Trinajstić information content (AvgIpc) is 2.46. The van der Waals surface area contributed by atoms with E-state index in [4.69, 9.17) is 10.00 Å². The zero-order valence-electron chi connectivity index (χ0n) is 11.4. The average molecular weight is 410 g/mol. The monoisotopic (exact) mass is 408 g/mol. The molecule has 21 heavy (non-hydrogen) atoms. The van der Waals surface area contributed by atoms with Crippen molar-refractivity contribution >= 4 is 37.5 Å². The van der Waals surface area contributed by atoms with Crippen molar-refractivity contribution in [2.24, 2.45) is 0 Å². The van der Waals surface area contributed by atoms with E-state index in [1.165, 1.54) is 5.56 Å². The summed E-state index contributed by atoms with van der Waals surface area (Å²) in [7, 11) is 0. The molecule has 0 aromatic heterocycles. The van der Waals surface area contributed by atoms with Crippen LogP contribution in [-0.2, 0) is 0 Å². The highest BCUT2D eigenvalue weighted by Gasteiger charge is 2.09. The number of nitriles is 1. The Morgan fingerprint density at radius 2 is 1.90 bits per heavy atom. The number of hydrogen-bond donors (Lipinski definition) is 1. The molecule has 0 saturated heterocycles. The third-order valence-corrected chi connectivity index (χ3v) is 4.15. The Balaban J connectivity index is 2.05. The molecule has 0 aliphatic rings. The van der Waals surface area contributed by atoms with Crippen molar-refractivity contribution in [2.45, 2.75) is 13.0 Å². The van der Waals surface area contributed by atoms with E-state index < -0.39 is 0 Å². The van der Waals surface area contributed by atoms with Crippen LogP contribution in [-0.4, -0.2) is 6.61 Å². The van der Waals surface area contributed by atoms with Gasteiger partial charge in [-0.05, 0) is 48.9 Å². The zero-order valence-corrected chi connectivity index (χ0v) is 14.6. The van der Waals surface area contributed by atoms with E-state index in [-0.39, 0.29) is 12.6 Å². The van der Waals surface area contributed by atoms with Crippen LogP contribution in [0.1, 0.15) is 18.5 Å². The van der Waals surface area contributed by atoms with Gasteiger partial charge in [-0.25, -0.2) is 0 Å². The minimum atomic E-state index is 0.0645. The van der Waals surface area contributed by atoms with Gasteiger partial charge in [0.2, 0.25) is 0 Å². The third kappa shape index (κ3) is 4.48. The molecule has 0 radical (unpaired) electrons. The van der Waals surface area contributed by atoms with Gasteiger partial charge in [0.15, 0.2) is 6.61 Å². The Kier molecular flexibility index (Phi) is 5.66. The number of benzene rings is 2. The number of rotatable bonds is 5. The van der Waals surface area contributed by atoms with E-state index in [0.29, 0.717) is 5.75 Å². The summed E-state index contributed by atoms with van der Waals surface area (Å²) in [5.41, 5.74) is 2.18. The summed E-state index contributed by atoms with van der Waals surface area (Å²) in [5.74, 6) is 0.694. The van der Waals surface area contributed by atoms with E-state index in [1.54, 1.807) is 0 Å². The summed E-state index contributed by atoms with van der Waals surface area (Å²) in [6.45, 7) is 2.17. The maximum atomic E-state index is 8.48. The molecular formula is C16H14Br2N2O. The lowest BCUT2D eigenvalue weighted by Gasteiger charge is -2.17. The molecule has 0 aliphatic carbocycles. The number of hydrogen-bond acceptors (Lipinski definition) is 3. The molecule has 1 N–H and O–H groups in total. The number of anilines is 1. The molecule has 0 fully saturated rings. The molecule has 0 bridgehead atoms. The van der Waals surface area contributed by atoms with Crippen LogP contribution < -0.4 is 10.1 Å². The molecule has 2 rings (SSSR count). The maximum Gasteiger partial charge on any atom is 0.174 e. The molecule has 0 amide bonds. The molecule has 0 aliphatic heterocycles. The zero-order chi connectivity index (χ0) is 15.2. The first kappa shape index (κ1) is 15.9. The number of nitrogens with one attached hydrogen (secondary N) is 1. The first-order valence-corrected chi connectivity index (χ1v) is 8.00. The highest BCUT2D eigenvalue weighted by Crippen LogP contribution is 2.29. The van der Waals surface area contributed by atoms with Gasteiger partial charge in [-0.15, -0.1) is 0 Å². The van der Waals surface area contributed by atoms with Crippen LogP contribution in [0.2, 0.25) is 0 Å². The van der Waals surface area contributed by atoms with Crippen molar-refractivity contribution in [3.05, 3.63) is 57.0 Å². The molecule has 1 unspecified atom stereocenters. The summed E-state index contributed by atoms with van der Waals surface area (Å²) in [6, 6.07) is 15.8. The van der Waals surface area contributed by atoms with Gasteiger partial charge < -0.3 is 10.1 Å². The van der Waals surface area contributed by atoms with Gasteiger partial charge in [0, 0.05) is 20.7 Å². The fourth-order valence-electron chi connectivity index (χ4n) is 1.94. The maximum absolute atomic E-state index is 8.48. The van der Waals surface area contributed by atoms with Crippen molar-refractivity contribution < 1.29 is 4.74 Å². The number of ether oxygens (including phenoxy) is 1.